The van der Waals surface area contributed by atoms with E-state index in [0.717, 1.165) is 26.7 Å². The first-order valence-electron chi connectivity index (χ1n) is 11.0. The Labute approximate surface area is 204 Å². The van der Waals surface area contributed by atoms with E-state index in [-0.39, 0.29) is 22.9 Å². The van der Waals surface area contributed by atoms with Crippen LogP contribution in [0.2, 0.25) is 0 Å². The van der Waals surface area contributed by atoms with Crippen LogP contribution < -0.4 is 10.5 Å². The van der Waals surface area contributed by atoms with E-state index in [0.29, 0.717) is 24.5 Å². The van der Waals surface area contributed by atoms with Gasteiger partial charge in [-0.3, -0.25) is 9.59 Å². The SMILES string of the molecule is CC1=CN(c2ccc3n(c2=O)CC(C)N(Cc2nsc4ccc(Br)cc24)C3=O)C=C2CC12C. The van der Waals surface area contributed by atoms with Gasteiger partial charge in [-0.05, 0) is 73.3 Å². The maximum Gasteiger partial charge on any atom is 0.275 e. The Bertz CT molecular complexity index is 1470. The minimum Gasteiger partial charge on any atom is -0.327 e. The van der Waals surface area contributed by atoms with Gasteiger partial charge in [-0.2, -0.15) is 4.37 Å². The predicted octanol–water partition coefficient (Wildman–Crippen LogP) is 5.28. The maximum absolute atomic E-state index is 13.4. The van der Waals surface area contributed by atoms with Crippen LogP contribution in [0.4, 0.5) is 5.69 Å². The zero-order chi connectivity index (χ0) is 23.1. The van der Waals surface area contributed by atoms with Crippen molar-refractivity contribution in [1.29, 1.82) is 0 Å². The fraction of sp³-hybridized carbons (Fsp3) is 0.320. The molecule has 0 N–H and O–H groups in total. The molecule has 4 heterocycles. The fourth-order valence-corrected chi connectivity index (χ4v) is 6.05. The van der Waals surface area contributed by atoms with Crippen molar-refractivity contribution in [1.82, 2.24) is 13.8 Å². The first-order chi connectivity index (χ1) is 15.8. The molecule has 1 aliphatic carbocycles. The number of benzene rings is 1. The number of hydrogen-bond donors (Lipinski definition) is 0. The van der Waals surface area contributed by atoms with Crippen molar-refractivity contribution < 1.29 is 4.79 Å². The van der Waals surface area contributed by atoms with E-state index in [1.807, 2.05) is 41.1 Å². The third-order valence-electron chi connectivity index (χ3n) is 7.34. The number of amides is 1. The van der Waals surface area contributed by atoms with Gasteiger partial charge in [0.1, 0.15) is 11.4 Å². The van der Waals surface area contributed by atoms with Crippen LogP contribution in [-0.4, -0.2) is 25.8 Å². The van der Waals surface area contributed by atoms with Gasteiger partial charge in [-0.25, -0.2) is 0 Å². The number of allylic oxidation sites excluding steroid dienone is 2. The lowest BCUT2D eigenvalue weighted by Gasteiger charge is -2.35. The lowest BCUT2D eigenvalue weighted by molar-refractivity contribution is 0.0589. The van der Waals surface area contributed by atoms with Crippen LogP contribution in [0, 0.1) is 5.41 Å². The molecule has 1 aromatic carbocycles. The van der Waals surface area contributed by atoms with Crippen LogP contribution in [0.25, 0.3) is 10.1 Å². The first kappa shape index (κ1) is 20.9. The molecule has 2 atom stereocenters. The molecule has 8 heteroatoms. The molecule has 2 aliphatic heterocycles. The van der Waals surface area contributed by atoms with Crippen LogP contribution in [0.1, 0.15) is 43.4 Å². The van der Waals surface area contributed by atoms with Crippen molar-refractivity contribution in [2.75, 3.05) is 4.90 Å². The highest BCUT2D eigenvalue weighted by molar-refractivity contribution is 9.10. The molecule has 33 heavy (non-hydrogen) atoms. The third-order valence-corrected chi connectivity index (χ3v) is 8.70. The molecular formula is C25H23BrN4O2S. The van der Waals surface area contributed by atoms with Crippen molar-refractivity contribution in [2.24, 2.45) is 5.41 Å². The van der Waals surface area contributed by atoms with E-state index in [1.165, 1.54) is 22.7 Å². The standard InChI is InChI=1S/C25H23BrN4O2S/c1-14-10-28(12-16-9-25(14,16)3)20-5-6-21-24(32)29(15(2)11-30(21)23(20)31)13-19-18-8-17(26)4-7-22(18)33-27-19/h4-8,10,12,15H,9,11,13H2,1-3H3. The van der Waals surface area contributed by atoms with Gasteiger partial charge in [-0.1, -0.05) is 22.9 Å². The Morgan fingerprint density at radius 3 is 2.82 bits per heavy atom. The van der Waals surface area contributed by atoms with Gasteiger partial charge in [0.15, 0.2) is 0 Å². The minimum atomic E-state index is -0.132. The summed E-state index contributed by atoms with van der Waals surface area (Å²) in [5.74, 6) is -0.132. The van der Waals surface area contributed by atoms with Crippen LogP contribution in [0.5, 0.6) is 0 Å². The Balaban J connectivity index is 1.33. The number of carbonyl (C=O) groups excluding carboxylic acids is 1. The molecule has 0 radical (unpaired) electrons. The second-order valence-corrected chi connectivity index (χ2v) is 11.2. The molecule has 6 rings (SSSR count). The molecule has 1 amide bonds. The molecule has 6 nitrogen and oxygen atoms in total. The van der Waals surface area contributed by atoms with E-state index < -0.39 is 0 Å². The summed E-state index contributed by atoms with van der Waals surface area (Å²) in [6.45, 7) is 7.23. The zero-order valence-corrected chi connectivity index (χ0v) is 21.0. The number of fused-ring (bicyclic) bond motifs is 3. The summed E-state index contributed by atoms with van der Waals surface area (Å²) in [5, 5.41) is 1.06. The number of nitrogens with zero attached hydrogens (tertiary/aromatic N) is 4. The van der Waals surface area contributed by atoms with Gasteiger partial charge in [-0.15, -0.1) is 0 Å². The predicted molar refractivity (Wildman–Crippen MR) is 134 cm³/mol. The van der Waals surface area contributed by atoms with Crippen molar-refractivity contribution >= 4 is 49.1 Å². The van der Waals surface area contributed by atoms with Gasteiger partial charge in [0, 0.05) is 40.3 Å². The summed E-state index contributed by atoms with van der Waals surface area (Å²) in [6, 6.07) is 9.53. The summed E-state index contributed by atoms with van der Waals surface area (Å²) in [5.41, 5.74) is 4.56. The molecule has 0 spiro atoms. The highest BCUT2D eigenvalue weighted by Crippen LogP contribution is 2.58. The molecule has 2 aromatic heterocycles. The lowest BCUT2D eigenvalue weighted by Crippen LogP contribution is -2.49. The second-order valence-electron chi connectivity index (χ2n) is 9.45. The van der Waals surface area contributed by atoms with Crippen molar-refractivity contribution in [2.45, 2.75) is 46.3 Å². The monoisotopic (exact) mass is 522 g/mol. The van der Waals surface area contributed by atoms with E-state index in [1.54, 1.807) is 16.7 Å². The molecular weight excluding hydrogens is 500 g/mol. The third kappa shape index (κ3) is 3.14. The lowest BCUT2D eigenvalue weighted by atomic mass is 9.98. The van der Waals surface area contributed by atoms with Crippen molar-refractivity contribution in [3.05, 3.63) is 80.1 Å². The van der Waals surface area contributed by atoms with Gasteiger partial charge in [0.25, 0.3) is 11.5 Å². The average Bonchev–Trinajstić information content (AvgIpc) is 3.31. The summed E-state index contributed by atoms with van der Waals surface area (Å²) in [6.07, 6.45) is 5.17. The number of carbonyl (C=O) groups is 1. The Kier molecular flexibility index (Phi) is 4.52. The van der Waals surface area contributed by atoms with Gasteiger partial charge < -0.3 is 14.4 Å². The summed E-state index contributed by atoms with van der Waals surface area (Å²) in [7, 11) is 0. The van der Waals surface area contributed by atoms with E-state index >= 15 is 0 Å². The van der Waals surface area contributed by atoms with E-state index in [4.69, 9.17) is 0 Å². The van der Waals surface area contributed by atoms with E-state index in [2.05, 4.69) is 40.4 Å². The summed E-state index contributed by atoms with van der Waals surface area (Å²) >= 11 is 4.97. The zero-order valence-electron chi connectivity index (χ0n) is 18.6. The van der Waals surface area contributed by atoms with Crippen molar-refractivity contribution in [3.63, 3.8) is 0 Å². The molecule has 168 valence electrons. The van der Waals surface area contributed by atoms with Gasteiger partial charge in [0.2, 0.25) is 0 Å². The highest BCUT2D eigenvalue weighted by atomic mass is 79.9. The smallest absolute Gasteiger partial charge is 0.275 e. The van der Waals surface area contributed by atoms with Crippen LogP contribution >= 0.6 is 27.5 Å². The number of hydrogen-bond acceptors (Lipinski definition) is 5. The molecule has 1 fully saturated rings. The number of pyridine rings is 1. The topological polar surface area (TPSA) is 58.4 Å². The Morgan fingerprint density at radius 2 is 2.03 bits per heavy atom. The van der Waals surface area contributed by atoms with E-state index in [9.17, 15) is 9.59 Å². The number of anilines is 1. The summed E-state index contributed by atoms with van der Waals surface area (Å²) in [4.78, 5) is 30.6. The molecule has 2 unspecified atom stereocenters. The minimum absolute atomic E-state index is 0.120. The Hall–Kier alpha value is -2.71. The first-order valence-corrected chi connectivity index (χ1v) is 12.6. The van der Waals surface area contributed by atoms with Crippen LogP contribution in [0.3, 0.4) is 0 Å². The van der Waals surface area contributed by atoms with Crippen LogP contribution in [0.15, 0.2) is 63.1 Å². The number of halogens is 1. The summed E-state index contributed by atoms with van der Waals surface area (Å²) < 4.78 is 8.33. The maximum atomic E-state index is 13.4. The molecule has 0 saturated heterocycles. The fourth-order valence-electron chi connectivity index (χ4n) is 4.92. The molecule has 3 aromatic rings. The second kappa shape index (κ2) is 7.14. The van der Waals surface area contributed by atoms with Crippen molar-refractivity contribution in [3.8, 4) is 0 Å². The molecule has 3 aliphatic rings. The quantitative estimate of drug-likeness (QED) is 0.469. The molecule has 1 saturated carbocycles. The van der Waals surface area contributed by atoms with Gasteiger partial charge >= 0.3 is 0 Å². The van der Waals surface area contributed by atoms with Crippen LogP contribution in [-0.2, 0) is 13.1 Å². The average molecular weight is 523 g/mol. The normalized spacial score (nSPS) is 23.9. The highest BCUT2D eigenvalue weighted by Gasteiger charge is 2.48. The molecule has 0 bridgehead atoms. The largest absolute Gasteiger partial charge is 0.327 e. The number of rotatable bonds is 3. The van der Waals surface area contributed by atoms with Gasteiger partial charge in [0.05, 0.1) is 16.9 Å². The number of aromatic nitrogens is 2. The Morgan fingerprint density at radius 1 is 1.21 bits per heavy atom.